The van der Waals surface area contributed by atoms with E-state index in [-0.39, 0.29) is 39.3 Å². The summed E-state index contributed by atoms with van der Waals surface area (Å²) in [6.45, 7) is -1.64. The highest BCUT2D eigenvalue weighted by Gasteiger charge is 2.16. The number of nitrogens with zero attached hydrogens (tertiary/aromatic N) is 1. The number of nitrogens with one attached hydrogen (secondary N) is 1. The third-order valence-corrected chi connectivity index (χ3v) is 2.35. The second-order valence-corrected chi connectivity index (χ2v) is 4.40. The monoisotopic (exact) mass is 354 g/mol. The molecule has 7 N–H and O–H groups in total. The second-order valence-electron chi connectivity index (χ2n) is 4.40. The number of carboxylic acids is 4. The number of aliphatic hydroxyl groups excluding tert-OH is 2. The van der Waals surface area contributed by atoms with E-state index in [1.54, 1.807) is 0 Å². The second kappa shape index (κ2) is 14.3. The lowest BCUT2D eigenvalue weighted by Crippen LogP contribution is -2.40. The Morgan fingerprint density at radius 3 is 1.62 bits per heavy atom. The first-order valence-electron chi connectivity index (χ1n) is 6.69. The van der Waals surface area contributed by atoms with Crippen LogP contribution < -0.4 is 5.32 Å². The van der Waals surface area contributed by atoms with Crippen molar-refractivity contribution >= 4 is 23.9 Å². The summed E-state index contributed by atoms with van der Waals surface area (Å²) >= 11 is 0. The average Bonchev–Trinajstić information content (AvgIpc) is 2.42. The summed E-state index contributed by atoms with van der Waals surface area (Å²) in [7, 11) is 0. The van der Waals surface area contributed by atoms with Gasteiger partial charge in [0.1, 0.15) is 6.04 Å². The summed E-state index contributed by atoms with van der Waals surface area (Å²) in [6, 6.07) is -0.994. The van der Waals surface area contributed by atoms with E-state index >= 15 is 0 Å². The van der Waals surface area contributed by atoms with Crippen LogP contribution in [0.2, 0.25) is 0 Å². The van der Waals surface area contributed by atoms with Gasteiger partial charge in [-0.3, -0.25) is 29.4 Å². The van der Waals surface area contributed by atoms with Gasteiger partial charge >= 0.3 is 23.9 Å². The Morgan fingerprint density at radius 2 is 1.33 bits per heavy atom. The van der Waals surface area contributed by atoms with Gasteiger partial charge in [-0.2, -0.15) is 0 Å². The van der Waals surface area contributed by atoms with Crippen molar-refractivity contribution in [2.24, 2.45) is 0 Å². The summed E-state index contributed by atoms with van der Waals surface area (Å²) in [6.07, 6.45) is 0.00259. The van der Waals surface area contributed by atoms with Gasteiger partial charge in [0.05, 0.1) is 26.2 Å². The molecule has 0 aliphatic heterocycles. The maximum atomic E-state index is 10.3. The predicted octanol–water partition coefficient (Wildman–Crippen LogP) is -3.05. The fourth-order valence-electron chi connectivity index (χ4n) is 1.39. The number of carboxylic acid groups (broad SMARTS) is 4. The van der Waals surface area contributed by atoms with E-state index in [2.05, 4.69) is 5.32 Å². The van der Waals surface area contributed by atoms with Gasteiger partial charge in [-0.1, -0.05) is 0 Å². The number of rotatable bonds is 12. The molecule has 24 heavy (non-hydrogen) atoms. The van der Waals surface area contributed by atoms with E-state index < -0.39 is 36.5 Å². The molecule has 0 aromatic heterocycles. The highest BCUT2D eigenvalue weighted by molar-refractivity contribution is 5.75. The first-order valence-corrected chi connectivity index (χ1v) is 6.69. The number of aliphatic hydroxyl groups is 2. The maximum absolute atomic E-state index is 10.3. The van der Waals surface area contributed by atoms with Crippen LogP contribution in [0.3, 0.4) is 0 Å². The molecule has 12 nitrogen and oxygen atoms in total. The molecular weight excluding hydrogens is 332 g/mol. The van der Waals surface area contributed by atoms with Crippen molar-refractivity contribution in [3.63, 3.8) is 0 Å². The zero-order chi connectivity index (χ0) is 19.1. The van der Waals surface area contributed by atoms with Crippen LogP contribution in [0.1, 0.15) is 6.42 Å². The molecule has 0 amide bonds. The lowest BCUT2D eigenvalue weighted by molar-refractivity contribution is -0.143. The van der Waals surface area contributed by atoms with Crippen LogP contribution in [0.25, 0.3) is 0 Å². The zero-order valence-corrected chi connectivity index (χ0v) is 12.8. The van der Waals surface area contributed by atoms with Gasteiger partial charge < -0.3 is 30.6 Å². The summed E-state index contributed by atoms with van der Waals surface area (Å²) in [5.41, 5.74) is 0. The molecule has 0 fully saturated rings. The Morgan fingerprint density at radius 1 is 0.833 bits per heavy atom. The van der Waals surface area contributed by atoms with Crippen molar-refractivity contribution in [1.29, 1.82) is 0 Å². The van der Waals surface area contributed by atoms with Crippen LogP contribution in [0, 0.1) is 0 Å². The summed E-state index contributed by atoms with van der Waals surface area (Å²) < 4.78 is 0. The van der Waals surface area contributed by atoms with Crippen LogP contribution in [0.4, 0.5) is 0 Å². The fourth-order valence-corrected chi connectivity index (χ4v) is 1.39. The van der Waals surface area contributed by atoms with E-state index in [0.29, 0.717) is 0 Å². The summed E-state index contributed by atoms with van der Waals surface area (Å²) in [4.78, 5) is 41.8. The molecule has 1 unspecified atom stereocenters. The minimum atomic E-state index is -1.16. The number of carbonyl (C=O) groups is 4. The largest absolute Gasteiger partial charge is 0.480 e. The number of aliphatic carboxylic acids is 4. The van der Waals surface area contributed by atoms with E-state index in [0.717, 1.165) is 4.90 Å². The van der Waals surface area contributed by atoms with Gasteiger partial charge in [0, 0.05) is 13.2 Å². The Balaban J connectivity index is 0. The Hall–Kier alpha value is -2.28. The molecule has 0 heterocycles. The molecule has 12 heteroatoms. The van der Waals surface area contributed by atoms with E-state index in [1.807, 2.05) is 0 Å². The van der Waals surface area contributed by atoms with Crippen molar-refractivity contribution in [3.05, 3.63) is 0 Å². The van der Waals surface area contributed by atoms with Gasteiger partial charge in [0.15, 0.2) is 0 Å². The Bertz CT molecular complexity index is 399. The molecule has 140 valence electrons. The highest BCUT2D eigenvalue weighted by Crippen LogP contribution is 1.90. The Labute approximate surface area is 136 Å². The molecule has 0 spiro atoms. The molecule has 1 atom stereocenters. The maximum Gasteiger partial charge on any atom is 0.320 e. The number of hydrogen-bond donors (Lipinski definition) is 7. The van der Waals surface area contributed by atoms with Gasteiger partial charge in [-0.05, 0) is 6.42 Å². The molecule has 0 radical (unpaired) electrons. The Kier molecular flexibility index (Phi) is 14.3. The average molecular weight is 354 g/mol. The van der Waals surface area contributed by atoms with Crippen LogP contribution in [-0.4, -0.2) is 105 Å². The van der Waals surface area contributed by atoms with Crippen LogP contribution >= 0.6 is 0 Å². The summed E-state index contributed by atoms with van der Waals surface area (Å²) in [5.74, 6) is -4.50. The van der Waals surface area contributed by atoms with Crippen molar-refractivity contribution in [2.75, 3.05) is 39.4 Å². The standard InChI is InChI=1S/2C6H11NO5/c8-2-1-7(3-5(9)10)4-6(11)12;8-2-1-4(6(11)12)7-3-5(9)10/h8H,1-4H2,(H,9,10)(H,11,12);4,7-8H,1-3H2,(H,9,10)(H,11,12). The van der Waals surface area contributed by atoms with Gasteiger partial charge in [-0.15, -0.1) is 0 Å². The van der Waals surface area contributed by atoms with E-state index in [1.165, 1.54) is 0 Å². The molecular formula is C12H22N2O10. The van der Waals surface area contributed by atoms with Gasteiger partial charge in [-0.25, -0.2) is 0 Å². The molecule has 0 saturated heterocycles. The van der Waals surface area contributed by atoms with Crippen LogP contribution in [0.15, 0.2) is 0 Å². The molecule has 0 aromatic carbocycles. The van der Waals surface area contributed by atoms with Crippen molar-refractivity contribution in [1.82, 2.24) is 10.2 Å². The minimum Gasteiger partial charge on any atom is -0.480 e. The zero-order valence-electron chi connectivity index (χ0n) is 12.8. The minimum absolute atomic E-state index is 0.00259. The van der Waals surface area contributed by atoms with Crippen molar-refractivity contribution < 1.29 is 49.8 Å². The van der Waals surface area contributed by atoms with Gasteiger partial charge in [0.2, 0.25) is 0 Å². The predicted molar refractivity (Wildman–Crippen MR) is 77.6 cm³/mol. The fraction of sp³-hybridized carbons (Fsp3) is 0.667. The third kappa shape index (κ3) is 16.1. The lowest BCUT2D eigenvalue weighted by atomic mass is 10.2. The van der Waals surface area contributed by atoms with Crippen LogP contribution in [-0.2, 0) is 19.2 Å². The SMILES string of the molecule is O=C(O)CN(CCO)CC(=O)O.O=C(O)CNC(CCO)C(=O)O. The highest BCUT2D eigenvalue weighted by atomic mass is 16.4. The van der Waals surface area contributed by atoms with E-state index in [9.17, 15) is 19.2 Å². The summed E-state index contributed by atoms with van der Waals surface area (Å²) in [5, 5.41) is 52.4. The molecule has 0 bridgehead atoms. The van der Waals surface area contributed by atoms with Crippen molar-refractivity contribution in [2.45, 2.75) is 12.5 Å². The van der Waals surface area contributed by atoms with Crippen LogP contribution in [0.5, 0.6) is 0 Å². The molecule has 0 aliphatic rings. The first-order chi connectivity index (χ1) is 11.1. The normalized spacial score (nSPS) is 11.3. The lowest BCUT2D eigenvalue weighted by Gasteiger charge is -2.15. The molecule has 0 aliphatic carbocycles. The third-order valence-electron chi connectivity index (χ3n) is 2.35. The van der Waals surface area contributed by atoms with E-state index in [4.69, 9.17) is 30.6 Å². The first kappa shape index (κ1) is 24.0. The molecule has 0 saturated carbocycles. The molecule has 0 rings (SSSR count). The van der Waals surface area contributed by atoms with Gasteiger partial charge in [0.25, 0.3) is 0 Å². The number of hydrogen-bond acceptors (Lipinski definition) is 8. The quantitative estimate of drug-likeness (QED) is 0.187. The molecule has 0 aromatic rings. The topological polar surface area (TPSA) is 205 Å². The smallest absolute Gasteiger partial charge is 0.320 e. The van der Waals surface area contributed by atoms with Crippen molar-refractivity contribution in [3.8, 4) is 0 Å².